The molecule has 0 aliphatic heterocycles. The molecule has 6 heteroatoms. The molecule has 0 heterocycles. The molecule has 0 spiro atoms. The van der Waals surface area contributed by atoms with Crippen LogP contribution in [0.15, 0.2) is 18.2 Å². The topological polar surface area (TPSA) is 87.5 Å². The predicted octanol–water partition coefficient (Wildman–Crippen LogP) is 0.591. The predicted molar refractivity (Wildman–Crippen MR) is 80.8 cm³/mol. The molecular formula is C14H22N4O2. The molecule has 110 valence electrons. The second-order valence-corrected chi connectivity index (χ2v) is 4.70. The van der Waals surface area contributed by atoms with E-state index >= 15 is 0 Å². The fourth-order valence-corrected chi connectivity index (χ4v) is 1.69. The van der Waals surface area contributed by atoms with Crippen LogP contribution in [-0.4, -0.2) is 39.0 Å². The summed E-state index contributed by atoms with van der Waals surface area (Å²) in [5, 5.41) is 5.25. The molecule has 0 atom stereocenters. The van der Waals surface area contributed by atoms with E-state index in [1.54, 1.807) is 18.2 Å². The molecule has 20 heavy (non-hydrogen) atoms. The van der Waals surface area contributed by atoms with Crippen LogP contribution < -0.4 is 21.3 Å². The maximum Gasteiger partial charge on any atom is 0.251 e. The van der Waals surface area contributed by atoms with Crippen molar-refractivity contribution in [2.45, 2.75) is 13.3 Å². The van der Waals surface area contributed by atoms with Gasteiger partial charge in [0, 0.05) is 26.2 Å². The Morgan fingerprint density at radius 1 is 1.25 bits per heavy atom. The highest BCUT2D eigenvalue weighted by Gasteiger charge is 2.10. The molecule has 2 amide bonds. The summed E-state index contributed by atoms with van der Waals surface area (Å²) in [5.41, 5.74) is 7.70. The highest BCUT2D eigenvalue weighted by atomic mass is 16.2. The van der Waals surface area contributed by atoms with Gasteiger partial charge in [-0.25, -0.2) is 0 Å². The minimum atomic E-state index is -0.311. The van der Waals surface area contributed by atoms with Crippen molar-refractivity contribution in [3.8, 4) is 0 Å². The van der Waals surface area contributed by atoms with Crippen LogP contribution in [0.3, 0.4) is 0 Å². The highest BCUT2D eigenvalue weighted by Crippen LogP contribution is 2.22. The van der Waals surface area contributed by atoms with Crippen LogP contribution in [0.2, 0.25) is 0 Å². The molecule has 0 radical (unpaired) electrons. The zero-order valence-electron chi connectivity index (χ0n) is 12.2. The smallest absolute Gasteiger partial charge is 0.251 e. The van der Waals surface area contributed by atoms with Crippen molar-refractivity contribution in [3.63, 3.8) is 0 Å². The molecule has 1 aromatic carbocycles. The summed E-state index contributed by atoms with van der Waals surface area (Å²) in [5.74, 6) is -0.508. The van der Waals surface area contributed by atoms with Gasteiger partial charge in [-0.05, 0) is 24.6 Å². The van der Waals surface area contributed by atoms with E-state index in [2.05, 4.69) is 10.6 Å². The summed E-state index contributed by atoms with van der Waals surface area (Å²) in [4.78, 5) is 25.2. The van der Waals surface area contributed by atoms with E-state index < -0.39 is 0 Å². The van der Waals surface area contributed by atoms with E-state index in [0.717, 1.165) is 12.1 Å². The lowest BCUT2D eigenvalue weighted by atomic mass is 10.1. The number of hydrogen-bond acceptors (Lipinski definition) is 4. The third-order valence-corrected chi connectivity index (χ3v) is 2.75. The molecule has 0 fully saturated rings. The lowest BCUT2D eigenvalue weighted by molar-refractivity contribution is -0.120. The third-order valence-electron chi connectivity index (χ3n) is 2.75. The average Bonchev–Trinajstić information content (AvgIpc) is 2.41. The van der Waals surface area contributed by atoms with Gasteiger partial charge in [-0.2, -0.15) is 0 Å². The number of amides is 2. The number of carbonyl (C=O) groups excluding carboxylic acids is 2. The normalized spacial score (nSPS) is 9.95. The van der Waals surface area contributed by atoms with E-state index in [0.29, 0.717) is 17.8 Å². The first-order valence-corrected chi connectivity index (χ1v) is 6.57. The van der Waals surface area contributed by atoms with Gasteiger partial charge in [-0.15, -0.1) is 0 Å². The van der Waals surface area contributed by atoms with Gasteiger partial charge >= 0.3 is 0 Å². The average molecular weight is 278 g/mol. The SMILES string of the molecule is CCCNC(=O)CNC(=O)c1ccc(N(C)C)c(N)c1. The van der Waals surface area contributed by atoms with Crippen molar-refractivity contribution >= 4 is 23.2 Å². The van der Waals surface area contributed by atoms with Crippen LogP contribution in [-0.2, 0) is 4.79 Å². The lowest BCUT2D eigenvalue weighted by Gasteiger charge is -2.15. The summed E-state index contributed by atoms with van der Waals surface area (Å²) in [6, 6.07) is 5.07. The van der Waals surface area contributed by atoms with Gasteiger partial charge in [-0.1, -0.05) is 6.92 Å². The molecule has 0 aromatic heterocycles. The van der Waals surface area contributed by atoms with Crippen LogP contribution in [0.4, 0.5) is 11.4 Å². The largest absolute Gasteiger partial charge is 0.397 e. The Kier molecular flexibility index (Phi) is 5.83. The number of nitrogen functional groups attached to an aromatic ring is 1. The maximum absolute atomic E-state index is 11.9. The lowest BCUT2D eigenvalue weighted by Crippen LogP contribution is -2.37. The van der Waals surface area contributed by atoms with Gasteiger partial charge < -0.3 is 21.3 Å². The summed E-state index contributed by atoms with van der Waals surface area (Å²) < 4.78 is 0. The first kappa shape index (κ1) is 15.8. The van der Waals surface area contributed by atoms with Crippen LogP contribution in [0.1, 0.15) is 23.7 Å². The zero-order valence-corrected chi connectivity index (χ0v) is 12.2. The quantitative estimate of drug-likeness (QED) is 0.665. The minimum Gasteiger partial charge on any atom is -0.397 e. The van der Waals surface area contributed by atoms with E-state index in [1.165, 1.54) is 0 Å². The van der Waals surface area contributed by atoms with Crippen molar-refractivity contribution in [1.82, 2.24) is 10.6 Å². The minimum absolute atomic E-state index is 0.0336. The zero-order chi connectivity index (χ0) is 15.1. The van der Waals surface area contributed by atoms with Crippen LogP contribution in [0, 0.1) is 0 Å². The van der Waals surface area contributed by atoms with Crippen molar-refractivity contribution in [2.75, 3.05) is 37.8 Å². The van der Waals surface area contributed by atoms with Crippen LogP contribution in [0.5, 0.6) is 0 Å². The summed E-state index contributed by atoms with van der Waals surface area (Å²) in [6.45, 7) is 2.54. The van der Waals surface area contributed by atoms with E-state index in [1.807, 2.05) is 25.9 Å². The number of anilines is 2. The molecule has 1 rings (SSSR count). The monoisotopic (exact) mass is 278 g/mol. The van der Waals surface area contributed by atoms with E-state index in [9.17, 15) is 9.59 Å². The Balaban J connectivity index is 2.60. The van der Waals surface area contributed by atoms with Gasteiger partial charge in [0.25, 0.3) is 5.91 Å². The Bertz CT molecular complexity index is 486. The van der Waals surface area contributed by atoms with Gasteiger partial charge in [0.15, 0.2) is 0 Å². The highest BCUT2D eigenvalue weighted by molar-refractivity contribution is 5.98. The summed E-state index contributed by atoms with van der Waals surface area (Å²) >= 11 is 0. The Labute approximate surface area is 119 Å². The van der Waals surface area contributed by atoms with Gasteiger partial charge in [0.05, 0.1) is 17.9 Å². The summed E-state index contributed by atoms with van der Waals surface area (Å²) in [6.07, 6.45) is 0.863. The van der Waals surface area contributed by atoms with Crippen molar-refractivity contribution < 1.29 is 9.59 Å². The number of nitrogens with one attached hydrogen (secondary N) is 2. The molecule has 0 bridgehead atoms. The number of hydrogen-bond donors (Lipinski definition) is 3. The number of benzene rings is 1. The first-order chi connectivity index (χ1) is 9.45. The van der Waals surface area contributed by atoms with Crippen molar-refractivity contribution in [3.05, 3.63) is 23.8 Å². The van der Waals surface area contributed by atoms with Gasteiger partial charge in [-0.3, -0.25) is 9.59 Å². The molecule has 6 nitrogen and oxygen atoms in total. The van der Waals surface area contributed by atoms with Crippen LogP contribution >= 0.6 is 0 Å². The van der Waals surface area contributed by atoms with Crippen LogP contribution in [0.25, 0.3) is 0 Å². The fourth-order valence-electron chi connectivity index (χ4n) is 1.69. The second kappa shape index (κ2) is 7.37. The van der Waals surface area contributed by atoms with Gasteiger partial charge in [0.2, 0.25) is 5.91 Å². The molecule has 0 unspecified atom stereocenters. The molecular weight excluding hydrogens is 256 g/mol. The number of rotatable bonds is 6. The molecule has 4 N–H and O–H groups in total. The van der Waals surface area contributed by atoms with Gasteiger partial charge in [0.1, 0.15) is 0 Å². The number of nitrogens with two attached hydrogens (primary N) is 1. The molecule has 0 aliphatic rings. The Morgan fingerprint density at radius 3 is 2.50 bits per heavy atom. The molecule has 1 aromatic rings. The Morgan fingerprint density at radius 2 is 1.95 bits per heavy atom. The Hall–Kier alpha value is -2.24. The van der Waals surface area contributed by atoms with Crippen molar-refractivity contribution in [1.29, 1.82) is 0 Å². The third kappa shape index (κ3) is 4.46. The maximum atomic E-state index is 11.9. The first-order valence-electron chi connectivity index (χ1n) is 6.57. The fraction of sp³-hybridized carbons (Fsp3) is 0.429. The summed E-state index contributed by atoms with van der Waals surface area (Å²) in [7, 11) is 3.76. The molecule has 0 saturated carbocycles. The molecule has 0 aliphatic carbocycles. The van der Waals surface area contributed by atoms with E-state index in [-0.39, 0.29) is 18.4 Å². The number of carbonyl (C=O) groups is 2. The number of nitrogens with zero attached hydrogens (tertiary/aromatic N) is 1. The van der Waals surface area contributed by atoms with Crippen molar-refractivity contribution in [2.24, 2.45) is 0 Å². The van der Waals surface area contributed by atoms with E-state index in [4.69, 9.17) is 5.73 Å². The molecule has 0 saturated heterocycles. The second-order valence-electron chi connectivity index (χ2n) is 4.70. The standard InChI is InChI=1S/C14H22N4O2/c1-4-7-16-13(19)9-17-14(20)10-5-6-12(18(2)3)11(15)8-10/h5-6,8H,4,7,9,15H2,1-3H3,(H,16,19)(H,17,20).